The fourth-order valence-corrected chi connectivity index (χ4v) is 3.18. The Morgan fingerprint density at radius 1 is 0.909 bits per heavy atom. The lowest BCUT2D eigenvalue weighted by atomic mass is 10.1. The first-order valence-corrected chi connectivity index (χ1v) is 7.74. The number of amidine groups is 1. The van der Waals surface area contributed by atoms with Crippen LogP contribution in [0.2, 0.25) is 0 Å². The molecule has 0 fully saturated rings. The lowest BCUT2D eigenvalue weighted by molar-refractivity contribution is -0.849. The molecule has 0 bridgehead atoms. The first-order chi connectivity index (χ1) is 10.3. The molecule has 0 amide bonds. The Kier molecular flexibility index (Phi) is 5.76. The molecule has 0 saturated heterocycles. The second-order valence-corrected chi connectivity index (χ2v) is 5.90. The Labute approximate surface area is 139 Å². The second kappa shape index (κ2) is 7.57. The van der Waals surface area contributed by atoms with Crippen LogP contribution >= 0.6 is 0 Å². The smallest absolute Gasteiger partial charge is 0.195 e. The minimum Gasteiger partial charge on any atom is -1.00 e. The molecule has 1 heterocycles. The van der Waals surface area contributed by atoms with E-state index in [2.05, 4.69) is 72.6 Å². The van der Waals surface area contributed by atoms with Gasteiger partial charge in [0.05, 0.1) is 13.1 Å². The molecule has 0 spiro atoms. The maximum atomic E-state index is 4.69. The zero-order valence-electron chi connectivity index (χ0n) is 13.1. The topological polar surface area (TPSA) is 12.4 Å². The van der Waals surface area contributed by atoms with Gasteiger partial charge in [-0.15, -0.1) is 0 Å². The molecule has 3 heteroatoms. The summed E-state index contributed by atoms with van der Waals surface area (Å²) >= 11 is 0. The number of nitrogens with zero attached hydrogens (tertiary/aromatic N) is 2. The predicted octanol–water partition coefficient (Wildman–Crippen LogP) is 0.682. The van der Waals surface area contributed by atoms with Crippen LogP contribution < -0.4 is 12.4 Å². The fourth-order valence-electron chi connectivity index (χ4n) is 3.18. The monoisotopic (exact) mass is 314 g/mol. The van der Waals surface area contributed by atoms with Crippen molar-refractivity contribution in [2.24, 2.45) is 4.99 Å². The van der Waals surface area contributed by atoms with E-state index < -0.39 is 0 Å². The molecule has 0 N–H and O–H groups in total. The molecule has 0 saturated carbocycles. The molecule has 3 rings (SSSR count). The summed E-state index contributed by atoms with van der Waals surface area (Å²) in [4.78, 5) is 4.69. The van der Waals surface area contributed by atoms with E-state index in [1.165, 1.54) is 17.0 Å². The van der Waals surface area contributed by atoms with Gasteiger partial charge in [-0.1, -0.05) is 60.7 Å². The molecule has 2 nitrogen and oxygen atoms in total. The zero-order chi connectivity index (χ0) is 14.5. The molecule has 1 unspecified atom stereocenters. The van der Waals surface area contributed by atoms with E-state index in [0.717, 1.165) is 37.1 Å². The van der Waals surface area contributed by atoms with E-state index in [-0.39, 0.29) is 12.4 Å². The van der Waals surface area contributed by atoms with Crippen molar-refractivity contribution >= 4 is 5.84 Å². The summed E-state index contributed by atoms with van der Waals surface area (Å²) in [6.45, 7) is 6.49. The van der Waals surface area contributed by atoms with E-state index in [9.17, 15) is 0 Å². The Bertz CT molecular complexity index is 610. The van der Waals surface area contributed by atoms with Gasteiger partial charge in [0.1, 0.15) is 13.1 Å². The van der Waals surface area contributed by atoms with E-state index in [0.29, 0.717) is 0 Å². The summed E-state index contributed by atoms with van der Waals surface area (Å²) in [5.41, 5.74) is 2.82. The van der Waals surface area contributed by atoms with Crippen molar-refractivity contribution in [1.82, 2.24) is 0 Å². The van der Waals surface area contributed by atoms with Crippen molar-refractivity contribution in [3.05, 3.63) is 71.8 Å². The number of hydrogen-bond donors (Lipinski definition) is 0. The van der Waals surface area contributed by atoms with E-state index >= 15 is 0 Å². The van der Waals surface area contributed by atoms with Gasteiger partial charge >= 0.3 is 0 Å². The molecule has 0 radical (unpaired) electrons. The molecule has 2 aromatic carbocycles. The largest absolute Gasteiger partial charge is 1.00 e. The summed E-state index contributed by atoms with van der Waals surface area (Å²) in [7, 11) is 0. The molecule has 1 aliphatic rings. The van der Waals surface area contributed by atoms with Crippen LogP contribution in [0.1, 0.15) is 18.1 Å². The van der Waals surface area contributed by atoms with Gasteiger partial charge in [-0.05, 0) is 5.56 Å². The van der Waals surface area contributed by atoms with Gasteiger partial charge in [-0.2, -0.15) is 0 Å². The summed E-state index contributed by atoms with van der Waals surface area (Å²) < 4.78 is 1.01. The van der Waals surface area contributed by atoms with Gasteiger partial charge in [0.2, 0.25) is 0 Å². The van der Waals surface area contributed by atoms with Crippen LogP contribution in [-0.2, 0) is 13.0 Å². The third-order valence-electron chi connectivity index (χ3n) is 4.55. The highest BCUT2D eigenvalue weighted by atomic mass is 35.5. The van der Waals surface area contributed by atoms with Crippen molar-refractivity contribution < 1.29 is 16.9 Å². The van der Waals surface area contributed by atoms with Crippen LogP contribution in [0.3, 0.4) is 0 Å². The molecule has 116 valence electrons. The van der Waals surface area contributed by atoms with Crippen molar-refractivity contribution in [3.63, 3.8) is 0 Å². The first-order valence-electron chi connectivity index (χ1n) is 7.74. The Morgan fingerprint density at radius 3 is 2.05 bits per heavy atom. The lowest BCUT2D eigenvalue weighted by Gasteiger charge is -2.34. The summed E-state index contributed by atoms with van der Waals surface area (Å²) in [6.07, 6.45) is 1.11. The maximum absolute atomic E-state index is 4.69. The normalized spacial score (nSPS) is 20.3. The number of aliphatic imine (C=N–C) groups is 1. The van der Waals surface area contributed by atoms with Gasteiger partial charge in [0.15, 0.2) is 5.84 Å². The summed E-state index contributed by atoms with van der Waals surface area (Å²) in [5.74, 6) is 1.29. The Hall–Kier alpha value is -1.64. The summed E-state index contributed by atoms with van der Waals surface area (Å²) in [5, 5.41) is 0. The average molecular weight is 315 g/mol. The van der Waals surface area contributed by atoms with Gasteiger partial charge in [0.25, 0.3) is 0 Å². The van der Waals surface area contributed by atoms with E-state index in [1.54, 1.807) is 0 Å². The van der Waals surface area contributed by atoms with Crippen LogP contribution in [0.4, 0.5) is 0 Å². The van der Waals surface area contributed by atoms with Crippen LogP contribution in [0, 0.1) is 0 Å². The number of quaternary nitrogens is 1. The third-order valence-corrected chi connectivity index (χ3v) is 4.55. The Balaban J connectivity index is 0.00000176. The molecule has 1 aliphatic heterocycles. The number of benzene rings is 2. The molecule has 2 aromatic rings. The van der Waals surface area contributed by atoms with Crippen molar-refractivity contribution in [2.45, 2.75) is 19.9 Å². The highest BCUT2D eigenvalue weighted by Gasteiger charge is 2.35. The van der Waals surface area contributed by atoms with Crippen molar-refractivity contribution in [1.29, 1.82) is 0 Å². The van der Waals surface area contributed by atoms with E-state index in [4.69, 9.17) is 0 Å². The average Bonchev–Trinajstić information content (AvgIpc) is 2.88. The minimum absolute atomic E-state index is 0. The van der Waals surface area contributed by atoms with Crippen LogP contribution in [-0.4, -0.2) is 30.0 Å². The minimum atomic E-state index is 0. The van der Waals surface area contributed by atoms with E-state index in [1.807, 2.05) is 0 Å². The summed E-state index contributed by atoms with van der Waals surface area (Å²) in [6, 6.07) is 21.6. The molecule has 0 aromatic heterocycles. The number of hydrogen-bond acceptors (Lipinski definition) is 1. The Morgan fingerprint density at radius 2 is 1.50 bits per heavy atom. The van der Waals surface area contributed by atoms with Crippen LogP contribution in [0.25, 0.3) is 0 Å². The molecule has 1 atom stereocenters. The molecular weight excluding hydrogens is 292 g/mol. The molecule has 22 heavy (non-hydrogen) atoms. The van der Waals surface area contributed by atoms with Gasteiger partial charge in [-0.25, -0.2) is 4.99 Å². The SMILES string of the molecule is CC1=NCC[N+]1(CCc1ccccc1)Cc1ccccc1.[Cl-]. The molecule has 0 aliphatic carbocycles. The van der Waals surface area contributed by atoms with Crippen LogP contribution in [0.5, 0.6) is 0 Å². The van der Waals surface area contributed by atoms with Gasteiger partial charge in [-0.3, -0.25) is 4.48 Å². The second-order valence-electron chi connectivity index (χ2n) is 5.90. The third kappa shape index (κ3) is 3.76. The zero-order valence-corrected chi connectivity index (χ0v) is 13.8. The highest BCUT2D eigenvalue weighted by Crippen LogP contribution is 2.21. The van der Waals surface area contributed by atoms with Crippen LogP contribution in [0.15, 0.2) is 65.7 Å². The first kappa shape index (κ1) is 16.7. The quantitative estimate of drug-likeness (QED) is 0.720. The predicted molar refractivity (Wildman–Crippen MR) is 88.3 cm³/mol. The molecular formula is C19H23ClN2. The standard InChI is InChI=1S/C19H23N2.ClH/c1-17-20-13-15-21(17,16-19-10-6-3-7-11-19)14-12-18-8-4-2-5-9-18;/h2-11H,12-16H2,1H3;1H/q+1;/p-1. The highest BCUT2D eigenvalue weighted by molar-refractivity contribution is 5.74. The number of halogens is 1. The lowest BCUT2D eigenvalue weighted by Crippen LogP contribution is -3.00. The maximum Gasteiger partial charge on any atom is 0.195 e. The number of rotatable bonds is 5. The fraction of sp³-hybridized carbons (Fsp3) is 0.316. The van der Waals surface area contributed by atoms with Crippen molar-refractivity contribution in [2.75, 3.05) is 19.6 Å². The van der Waals surface area contributed by atoms with Gasteiger partial charge in [0, 0.05) is 18.9 Å². The van der Waals surface area contributed by atoms with Crippen molar-refractivity contribution in [3.8, 4) is 0 Å². The van der Waals surface area contributed by atoms with Gasteiger partial charge < -0.3 is 12.4 Å².